The Balaban J connectivity index is 3.39. The normalized spacial score (nSPS) is 11.1. The van der Waals surface area contributed by atoms with Crippen LogP contribution in [0.25, 0.3) is 0 Å². The maximum absolute atomic E-state index is 12.2. The maximum atomic E-state index is 12.2. The van der Waals surface area contributed by atoms with Gasteiger partial charge in [0.2, 0.25) is 0 Å². The number of hydrogen-bond acceptors (Lipinski definition) is 4. The Labute approximate surface area is 98.8 Å². The molecule has 1 rings (SSSR count). The number of rotatable bonds is 3. The van der Waals surface area contributed by atoms with Crippen LogP contribution in [0.4, 0.5) is 13.2 Å². The number of methoxy groups -OCH3 is 1. The summed E-state index contributed by atoms with van der Waals surface area (Å²) in [6, 6.07) is 0.883. The molecule has 1 heterocycles. The molecule has 0 N–H and O–H groups in total. The van der Waals surface area contributed by atoms with E-state index in [4.69, 9.17) is 0 Å². The zero-order valence-corrected chi connectivity index (χ0v) is 9.15. The molecule has 0 spiro atoms. The molecule has 0 unspecified atom stereocenters. The third-order valence-electron chi connectivity index (χ3n) is 2.00. The lowest BCUT2D eigenvalue weighted by Gasteiger charge is -2.11. The van der Waals surface area contributed by atoms with Gasteiger partial charge in [-0.15, -0.1) is 0 Å². The van der Waals surface area contributed by atoms with Crippen LogP contribution in [0.3, 0.4) is 0 Å². The van der Waals surface area contributed by atoms with Crippen molar-refractivity contribution in [3.8, 4) is 0 Å². The lowest BCUT2D eigenvalue weighted by atomic mass is 10.2. The first-order valence-electron chi connectivity index (χ1n) is 4.63. The molecule has 0 amide bonds. The fourth-order valence-electron chi connectivity index (χ4n) is 1.29. The lowest BCUT2D eigenvalue weighted by molar-refractivity contribution is -0.141. The van der Waals surface area contributed by atoms with Crippen molar-refractivity contribution in [2.75, 3.05) is 7.11 Å². The number of ether oxygens (including phenoxy) is 1. The molecule has 0 saturated heterocycles. The Hall–Kier alpha value is -2.12. The standard InChI is InChI=1S/C10H8F3NO4/c1-18-9(17)7-2-6(4-15)3-14(8(7)16)5-10(11,12)13/h2-4H,5H2,1H3. The van der Waals surface area contributed by atoms with Crippen LogP contribution < -0.4 is 5.56 Å². The molecule has 0 bridgehead atoms. The van der Waals surface area contributed by atoms with E-state index in [1.54, 1.807) is 0 Å². The Morgan fingerprint density at radius 2 is 2.11 bits per heavy atom. The van der Waals surface area contributed by atoms with Gasteiger partial charge in [0.1, 0.15) is 12.1 Å². The van der Waals surface area contributed by atoms with Crippen molar-refractivity contribution in [2.24, 2.45) is 0 Å². The number of pyridine rings is 1. The molecule has 0 saturated carbocycles. The molecule has 18 heavy (non-hydrogen) atoms. The Kier molecular flexibility index (Phi) is 3.89. The summed E-state index contributed by atoms with van der Waals surface area (Å²) in [5.41, 5.74) is -2.00. The molecule has 8 heteroatoms. The SMILES string of the molecule is COC(=O)c1cc(C=O)cn(CC(F)(F)F)c1=O. The van der Waals surface area contributed by atoms with Gasteiger partial charge in [-0.1, -0.05) is 0 Å². The minimum Gasteiger partial charge on any atom is -0.465 e. The summed E-state index contributed by atoms with van der Waals surface area (Å²) in [4.78, 5) is 33.3. The van der Waals surface area contributed by atoms with Crippen LogP contribution in [0.15, 0.2) is 17.1 Å². The van der Waals surface area contributed by atoms with E-state index in [2.05, 4.69) is 4.74 Å². The zero-order chi connectivity index (χ0) is 13.9. The zero-order valence-electron chi connectivity index (χ0n) is 9.15. The van der Waals surface area contributed by atoms with Gasteiger partial charge in [0.15, 0.2) is 6.29 Å². The smallest absolute Gasteiger partial charge is 0.406 e. The minimum absolute atomic E-state index is 0.223. The summed E-state index contributed by atoms with van der Waals surface area (Å²) >= 11 is 0. The van der Waals surface area contributed by atoms with Crippen LogP contribution in [0, 0.1) is 0 Å². The molecule has 0 fully saturated rings. The Morgan fingerprint density at radius 3 is 2.56 bits per heavy atom. The van der Waals surface area contributed by atoms with Gasteiger partial charge in [-0.2, -0.15) is 13.2 Å². The second kappa shape index (κ2) is 5.03. The Morgan fingerprint density at radius 1 is 1.50 bits per heavy atom. The highest BCUT2D eigenvalue weighted by Crippen LogP contribution is 2.16. The van der Waals surface area contributed by atoms with Crippen molar-refractivity contribution in [2.45, 2.75) is 12.7 Å². The van der Waals surface area contributed by atoms with Crippen LogP contribution in [0.2, 0.25) is 0 Å². The van der Waals surface area contributed by atoms with E-state index >= 15 is 0 Å². The largest absolute Gasteiger partial charge is 0.465 e. The minimum atomic E-state index is -4.64. The summed E-state index contributed by atoms with van der Waals surface area (Å²) in [6.07, 6.45) is -3.67. The molecule has 0 aliphatic heterocycles. The average Bonchev–Trinajstić information content (AvgIpc) is 2.29. The number of carbonyl (C=O) groups is 2. The van der Waals surface area contributed by atoms with Gasteiger partial charge in [0.25, 0.3) is 5.56 Å². The first-order chi connectivity index (χ1) is 8.28. The number of nitrogens with zero attached hydrogens (tertiary/aromatic N) is 1. The fourth-order valence-corrected chi connectivity index (χ4v) is 1.29. The number of halogens is 3. The quantitative estimate of drug-likeness (QED) is 0.603. The molecular weight excluding hydrogens is 255 g/mol. The molecular formula is C10H8F3NO4. The van der Waals surface area contributed by atoms with Crippen molar-refractivity contribution < 1.29 is 27.5 Å². The average molecular weight is 263 g/mol. The third-order valence-corrected chi connectivity index (χ3v) is 2.00. The maximum Gasteiger partial charge on any atom is 0.406 e. The predicted molar refractivity (Wildman–Crippen MR) is 53.5 cm³/mol. The van der Waals surface area contributed by atoms with Crippen LogP contribution in [0.1, 0.15) is 20.7 Å². The van der Waals surface area contributed by atoms with Crippen LogP contribution in [-0.2, 0) is 11.3 Å². The van der Waals surface area contributed by atoms with Gasteiger partial charge >= 0.3 is 12.1 Å². The number of alkyl halides is 3. The highest BCUT2D eigenvalue weighted by molar-refractivity contribution is 5.90. The molecule has 0 aromatic carbocycles. The van der Waals surface area contributed by atoms with E-state index in [9.17, 15) is 27.6 Å². The van der Waals surface area contributed by atoms with Gasteiger partial charge in [-0.25, -0.2) is 4.79 Å². The van der Waals surface area contributed by atoms with Crippen LogP contribution in [-0.4, -0.2) is 30.1 Å². The van der Waals surface area contributed by atoms with E-state index in [0.29, 0.717) is 0 Å². The van der Waals surface area contributed by atoms with E-state index in [-0.39, 0.29) is 16.4 Å². The molecule has 0 aliphatic rings. The first kappa shape index (κ1) is 13.9. The number of hydrogen-bond donors (Lipinski definition) is 0. The van der Waals surface area contributed by atoms with Gasteiger partial charge in [-0.05, 0) is 6.07 Å². The summed E-state index contributed by atoms with van der Waals surface area (Å²) < 4.78 is 41.1. The van der Waals surface area contributed by atoms with Crippen molar-refractivity contribution >= 4 is 12.3 Å². The number of esters is 1. The van der Waals surface area contributed by atoms with E-state index in [1.165, 1.54) is 0 Å². The van der Waals surface area contributed by atoms with Crippen LogP contribution >= 0.6 is 0 Å². The second-order valence-corrected chi connectivity index (χ2v) is 3.34. The Bertz CT molecular complexity index is 533. The van der Waals surface area contributed by atoms with Gasteiger partial charge < -0.3 is 9.30 Å². The lowest BCUT2D eigenvalue weighted by Crippen LogP contribution is -2.32. The van der Waals surface area contributed by atoms with Crippen molar-refractivity contribution in [1.82, 2.24) is 4.57 Å². The predicted octanol–water partition coefficient (Wildman–Crippen LogP) is 1.01. The molecule has 1 aromatic heterocycles. The molecule has 1 aromatic rings. The summed E-state index contributed by atoms with van der Waals surface area (Å²) in [6.45, 7) is -1.59. The monoisotopic (exact) mass is 263 g/mol. The number of carbonyl (C=O) groups excluding carboxylic acids is 2. The summed E-state index contributed by atoms with van der Waals surface area (Å²) in [7, 11) is 0.976. The van der Waals surface area contributed by atoms with Gasteiger partial charge in [-0.3, -0.25) is 9.59 Å². The van der Waals surface area contributed by atoms with Crippen molar-refractivity contribution in [3.05, 3.63) is 33.7 Å². The molecule has 0 atom stereocenters. The third kappa shape index (κ3) is 3.19. The first-order valence-corrected chi connectivity index (χ1v) is 4.63. The van der Waals surface area contributed by atoms with Gasteiger partial charge in [0.05, 0.1) is 7.11 Å². The molecule has 5 nitrogen and oxygen atoms in total. The van der Waals surface area contributed by atoms with E-state index < -0.39 is 29.8 Å². The number of aldehydes is 1. The molecule has 0 radical (unpaired) electrons. The van der Waals surface area contributed by atoms with Gasteiger partial charge in [0, 0.05) is 11.8 Å². The van der Waals surface area contributed by atoms with Crippen LogP contribution in [0.5, 0.6) is 0 Å². The highest BCUT2D eigenvalue weighted by atomic mass is 19.4. The van der Waals surface area contributed by atoms with E-state index in [1.807, 2.05) is 0 Å². The van der Waals surface area contributed by atoms with E-state index in [0.717, 1.165) is 19.4 Å². The fraction of sp³-hybridized carbons (Fsp3) is 0.300. The summed E-state index contributed by atoms with van der Waals surface area (Å²) in [5, 5.41) is 0. The summed E-state index contributed by atoms with van der Waals surface area (Å²) in [5.74, 6) is -1.10. The molecule has 0 aliphatic carbocycles. The number of aromatic nitrogens is 1. The highest BCUT2D eigenvalue weighted by Gasteiger charge is 2.29. The van der Waals surface area contributed by atoms with Crippen molar-refractivity contribution in [1.29, 1.82) is 0 Å². The van der Waals surface area contributed by atoms with Crippen molar-refractivity contribution in [3.63, 3.8) is 0 Å². The molecule has 98 valence electrons. The second-order valence-electron chi connectivity index (χ2n) is 3.34. The topological polar surface area (TPSA) is 65.4 Å².